The zero-order valence-corrected chi connectivity index (χ0v) is 10.9. The summed E-state index contributed by atoms with van der Waals surface area (Å²) in [5, 5.41) is 4.70. The van der Waals surface area contributed by atoms with Gasteiger partial charge in [-0.1, -0.05) is 31.0 Å². The van der Waals surface area contributed by atoms with E-state index in [1.807, 2.05) is 0 Å². The molecule has 18 heavy (non-hydrogen) atoms. The minimum absolute atomic E-state index is 0.647. The molecular weight excluding hydrogens is 220 g/mol. The van der Waals surface area contributed by atoms with Crippen LogP contribution in [0.3, 0.4) is 0 Å². The van der Waals surface area contributed by atoms with Gasteiger partial charge in [0, 0.05) is 17.1 Å². The third kappa shape index (κ3) is 2.75. The van der Waals surface area contributed by atoms with Crippen molar-refractivity contribution in [2.45, 2.75) is 26.3 Å². The Kier molecular flexibility index (Phi) is 4.44. The van der Waals surface area contributed by atoms with Gasteiger partial charge in [-0.2, -0.15) is 0 Å². The number of aromatic nitrogens is 1. The molecule has 2 rings (SSSR count). The van der Waals surface area contributed by atoms with E-state index in [9.17, 15) is 0 Å². The molecule has 0 amide bonds. The van der Waals surface area contributed by atoms with Crippen LogP contribution in [0.15, 0.2) is 30.5 Å². The van der Waals surface area contributed by atoms with Crippen LogP contribution in [0.25, 0.3) is 10.9 Å². The van der Waals surface area contributed by atoms with Gasteiger partial charge in [-0.25, -0.2) is 0 Å². The van der Waals surface area contributed by atoms with Gasteiger partial charge in [0.05, 0.1) is 6.54 Å². The highest BCUT2D eigenvalue weighted by atomic mass is 14.9. The van der Waals surface area contributed by atoms with Gasteiger partial charge in [-0.15, -0.1) is 6.42 Å². The van der Waals surface area contributed by atoms with Crippen molar-refractivity contribution in [1.29, 1.82) is 0 Å². The number of terminal acetylenes is 1. The minimum Gasteiger partial charge on any atom is -0.336 e. The summed E-state index contributed by atoms with van der Waals surface area (Å²) in [6.45, 7) is 4.90. The van der Waals surface area contributed by atoms with Gasteiger partial charge in [0.2, 0.25) is 0 Å². The van der Waals surface area contributed by atoms with Crippen molar-refractivity contribution in [2.24, 2.45) is 0 Å². The first-order chi connectivity index (χ1) is 8.86. The van der Waals surface area contributed by atoms with E-state index in [0.717, 1.165) is 25.9 Å². The van der Waals surface area contributed by atoms with Crippen LogP contribution in [0.5, 0.6) is 0 Å². The number of hydrogen-bond acceptors (Lipinski definition) is 1. The number of rotatable bonds is 6. The molecule has 0 fully saturated rings. The molecule has 1 aromatic carbocycles. The lowest BCUT2D eigenvalue weighted by Crippen LogP contribution is -2.14. The number of nitrogens with one attached hydrogen (secondary N) is 1. The van der Waals surface area contributed by atoms with Crippen LogP contribution in [-0.2, 0) is 13.0 Å². The van der Waals surface area contributed by atoms with E-state index in [0.29, 0.717) is 6.54 Å². The standard InChI is InChI=1S/C16H20N2/c1-3-12-18-13-14(8-7-11-17-4-2)15-9-5-6-10-16(15)18/h1,5-6,9-10,13,17H,4,7-8,11-12H2,2H3. The number of para-hydroxylation sites is 1. The fourth-order valence-corrected chi connectivity index (χ4v) is 2.33. The molecule has 0 saturated carbocycles. The third-order valence-electron chi connectivity index (χ3n) is 3.18. The maximum absolute atomic E-state index is 5.42. The van der Waals surface area contributed by atoms with Crippen molar-refractivity contribution in [1.82, 2.24) is 9.88 Å². The van der Waals surface area contributed by atoms with E-state index in [1.54, 1.807) is 0 Å². The molecule has 0 unspecified atom stereocenters. The number of hydrogen-bond donors (Lipinski definition) is 1. The normalized spacial score (nSPS) is 10.7. The van der Waals surface area contributed by atoms with Crippen molar-refractivity contribution in [3.05, 3.63) is 36.0 Å². The predicted octanol–water partition coefficient (Wildman–Crippen LogP) is 2.82. The second-order valence-electron chi connectivity index (χ2n) is 4.46. The monoisotopic (exact) mass is 240 g/mol. The fourth-order valence-electron chi connectivity index (χ4n) is 2.33. The molecule has 2 heteroatoms. The lowest BCUT2D eigenvalue weighted by molar-refractivity contribution is 0.673. The van der Waals surface area contributed by atoms with Gasteiger partial charge in [0.25, 0.3) is 0 Å². The van der Waals surface area contributed by atoms with Crippen LogP contribution in [0, 0.1) is 12.3 Å². The molecule has 0 aliphatic rings. The number of nitrogens with zero attached hydrogens (tertiary/aromatic N) is 1. The van der Waals surface area contributed by atoms with E-state index in [2.05, 4.69) is 53.2 Å². The van der Waals surface area contributed by atoms with Crippen molar-refractivity contribution in [2.75, 3.05) is 13.1 Å². The summed E-state index contributed by atoms with van der Waals surface area (Å²) in [5.74, 6) is 2.72. The predicted molar refractivity (Wildman–Crippen MR) is 77.6 cm³/mol. The number of fused-ring (bicyclic) bond motifs is 1. The summed E-state index contributed by atoms with van der Waals surface area (Å²) >= 11 is 0. The number of benzene rings is 1. The lowest BCUT2D eigenvalue weighted by Gasteiger charge is -2.00. The Balaban J connectivity index is 2.19. The molecule has 1 N–H and O–H groups in total. The zero-order valence-electron chi connectivity index (χ0n) is 10.9. The van der Waals surface area contributed by atoms with Gasteiger partial charge in [0.1, 0.15) is 0 Å². The van der Waals surface area contributed by atoms with Gasteiger partial charge in [-0.3, -0.25) is 0 Å². The summed E-state index contributed by atoms with van der Waals surface area (Å²) in [5.41, 5.74) is 2.65. The van der Waals surface area contributed by atoms with Crippen molar-refractivity contribution >= 4 is 10.9 Å². The molecule has 1 heterocycles. The van der Waals surface area contributed by atoms with Gasteiger partial charge >= 0.3 is 0 Å². The van der Waals surface area contributed by atoms with E-state index in [1.165, 1.54) is 16.5 Å². The van der Waals surface area contributed by atoms with Crippen LogP contribution in [-0.4, -0.2) is 17.7 Å². The zero-order chi connectivity index (χ0) is 12.8. The van der Waals surface area contributed by atoms with E-state index < -0.39 is 0 Å². The van der Waals surface area contributed by atoms with E-state index in [4.69, 9.17) is 6.42 Å². The first-order valence-corrected chi connectivity index (χ1v) is 6.57. The van der Waals surface area contributed by atoms with Gasteiger partial charge in [0.15, 0.2) is 0 Å². The summed E-state index contributed by atoms with van der Waals surface area (Å²) in [6, 6.07) is 8.49. The molecule has 0 saturated heterocycles. The van der Waals surface area contributed by atoms with Crippen molar-refractivity contribution < 1.29 is 0 Å². The molecule has 0 bridgehead atoms. The van der Waals surface area contributed by atoms with Crippen molar-refractivity contribution in [3.8, 4) is 12.3 Å². The van der Waals surface area contributed by atoms with Crippen LogP contribution in [0.1, 0.15) is 18.9 Å². The maximum atomic E-state index is 5.42. The van der Waals surface area contributed by atoms with Crippen LogP contribution in [0.4, 0.5) is 0 Å². The van der Waals surface area contributed by atoms with E-state index >= 15 is 0 Å². The highest BCUT2D eigenvalue weighted by molar-refractivity contribution is 5.84. The summed E-state index contributed by atoms with van der Waals surface area (Å²) in [6.07, 6.45) is 9.89. The second kappa shape index (κ2) is 6.28. The van der Waals surface area contributed by atoms with Gasteiger partial charge in [-0.05, 0) is 37.6 Å². The molecule has 0 aliphatic heterocycles. The Bertz CT molecular complexity index is 546. The topological polar surface area (TPSA) is 17.0 Å². The molecule has 0 spiro atoms. The molecule has 0 radical (unpaired) electrons. The highest BCUT2D eigenvalue weighted by Crippen LogP contribution is 2.22. The SMILES string of the molecule is C#CCn1cc(CCCNCC)c2ccccc21. The molecule has 1 aromatic heterocycles. The Morgan fingerprint density at radius 3 is 2.94 bits per heavy atom. The third-order valence-corrected chi connectivity index (χ3v) is 3.18. The fraction of sp³-hybridized carbons (Fsp3) is 0.375. The Morgan fingerprint density at radius 2 is 2.17 bits per heavy atom. The molecular formula is C16H20N2. The average molecular weight is 240 g/mol. The molecule has 94 valence electrons. The quantitative estimate of drug-likeness (QED) is 0.607. The molecule has 0 aliphatic carbocycles. The molecule has 2 nitrogen and oxygen atoms in total. The Labute approximate surface area is 109 Å². The first-order valence-electron chi connectivity index (χ1n) is 6.57. The van der Waals surface area contributed by atoms with E-state index in [-0.39, 0.29) is 0 Å². The summed E-state index contributed by atoms with van der Waals surface area (Å²) in [7, 11) is 0. The largest absolute Gasteiger partial charge is 0.336 e. The number of aryl methyl sites for hydroxylation is 1. The lowest BCUT2D eigenvalue weighted by atomic mass is 10.1. The average Bonchev–Trinajstić information content (AvgIpc) is 2.74. The smallest absolute Gasteiger partial charge is 0.0835 e. The Hall–Kier alpha value is -1.72. The minimum atomic E-state index is 0.647. The van der Waals surface area contributed by atoms with Crippen LogP contribution < -0.4 is 5.32 Å². The first kappa shape index (κ1) is 12.7. The van der Waals surface area contributed by atoms with Gasteiger partial charge < -0.3 is 9.88 Å². The van der Waals surface area contributed by atoms with Crippen LogP contribution in [0.2, 0.25) is 0 Å². The van der Waals surface area contributed by atoms with Crippen molar-refractivity contribution in [3.63, 3.8) is 0 Å². The second-order valence-corrected chi connectivity index (χ2v) is 4.46. The molecule has 2 aromatic rings. The molecule has 0 atom stereocenters. The Morgan fingerprint density at radius 1 is 1.33 bits per heavy atom. The summed E-state index contributed by atoms with van der Waals surface area (Å²) < 4.78 is 2.16. The summed E-state index contributed by atoms with van der Waals surface area (Å²) in [4.78, 5) is 0. The highest BCUT2D eigenvalue weighted by Gasteiger charge is 2.06. The van der Waals surface area contributed by atoms with Crippen LogP contribution >= 0.6 is 0 Å². The maximum Gasteiger partial charge on any atom is 0.0835 e.